The Hall–Kier alpha value is -0.480. The molecular formula is C14H20Cl2N2O. The van der Waals surface area contributed by atoms with Gasteiger partial charge in [0.25, 0.3) is 0 Å². The van der Waals surface area contributed by atoms with Gasteiger partial charge < -0.3 is 10.5 Å². The van der Waals surface area contributed by atoms with Crippen molar-refractivity contribution in [3.05, 3.63) is 28.2 Å². The smallest absolute Gasteiger partial charge is 0.138 e. The van der Waals surface area contributed by atoms with Crippen molar-refractivity contribution in [1.29, 1.82) is 0 Å². The summed E-state index contributed by atoms with van der Waals surface area (Å²) in [6.45, 7) is 4.54. The minimum atomic E-state index is 0.561. The Kier molecular flexibility index (Phi) is 5.76. The van der Waals surface area contributed by atoms with Crippen LogP contribution in [0.3, 0.4) is 0 Å². The van der Waals surface area contributed by atoms with Crippen LogP contribution in [0.5, 0.6) is 5.75 Å². The lowest BCUT2D eigenvalue weighted by Crippen LogP contribution is -2.40. The molecule has 1 aromatic carbocycles. The molecule has 0 radical (unpaired) electrons. The van der Waals surface area contributed by atoms with Crippen LogP contribution in [0.25, 0.3) is 0 Å². The standard InChI is InChI=1S/C14H20Cl2N2O/c15-12-3-4-14(13(16)8-12)19-7-6-18-5-1-2-11(9-17)10-18/h3-4,8,11H,1-2,5-7,9-10,17H2. The van der Waals surface area contributed by atoms with Gasteiger partial charge in [0, 0.05) is 18.1 Å². The van der Waals surface area contributed by atoms with E-state index in [1.54, 1.807) is 12.1 Å². The number of likely N-dealkylation sites (tertiary alicyclic amines) is 1. The average Bonchev–Trinajstić information content (AvgIpc) is 2.41. The average molecular weight is 303 g/mol. The maximum Gasteiger partial charge on any atom is 0.138 e. The Bertz CT molecular complexity index is 414. The monoisotopic (exact) mass is 302 g/mol. The maximum absolute atomic E-state index is 6.06. The summed E-state index contributed by atoms with van der Waals surface area (Å²) in [5.74, 6) is 1.33. The molecule has 106 valence electrons. The molecule has 1 aliphatic heterocycles. The second-order valence-electron chi connectivity index (χ2n) is 4.97. The van der Waals surface area contributed by atoms with Gasteiger partial charge in [-0.15, -0.1) is 0 Å². The summed E-state index contributed by atoms with van der Waals surface area (Å²) in [7, 11) is 0. The minimum absolute atomic E-state index is 0.561. The molecule has 0 bridgehead atoms. The number of ether oxygens (including phenoxy) is 1. The first kappa shape index (κ1) is 14.9. The molecule has 1 aromatic rings. The zero-order valence-corrected chi connectivity index (χ0v) is 12.5. The van der Waals surface area contributed by atoms with Crippen molar-refractivity contribution < 1.29 is 4.74 Å². The molecular weight excluding hydrogens is 283 g/mol. The van der Waals surface area contributed by atoms with Gasteiger partial charge in [-0.25, -0.2) is 0 Å². The van der Waals surface area contributed by atoms with Crippen LogP contribution in [0.15, 0.2) is 18.2 Å². The van der Waals surface area contributed by atoms with E-state index in [0.717, 1.165) is 26.2 Å². The molecule has 0 aliphatic carbocycles. The fourth-order valence-electron chi connectivity index (χ4n) is 2.42. The first-order chi connectivity index (χ1) is 9.19. The minimum Gasteiger partial charge on any atom is -0.491 e. The van der Waals surface area contributed by atoms with E-state index >= 15 is 0 Å². The van der Waals surface area contributed by atoms with Crippen molar-refractivity contribution >= 4 is 23.2 Å². The molecule has 0 amide bonds. The second kappa shape index (κ2) is 7.34. The third-order valence-corrected chi connectivity index (χ3v) is 4.03. The molecule has 0 aromatic heterocycles. The number of nitrogens with zero attached hydrogens (tertiary/aromatic N) is 1. The van der Waals surface area contributed by atoms with Gasteiger partial charge in [0.1, 0.15) is 12.4 Å². The van der Waals surface area contributed by atoms with Gasteiger partial charge in [0.05, 0.1) is 5.02 Å². The van der Waals surface area contributed by atoms with Crippen molar-refractivity contribution in [2.24, 2.45) is 11.7 Å². The number of benzene rings is 1. The molecule has 19 heavy (non-hydrogen) atoms. The van der Waals surface area contributed by atoms with Crippen molar-refractivity contribution in [3.8, 4) is 5.75 Å². The SMILES string of the molecule is NCC1CCCN(CCOc2ccc(Cl)cc2Cl)C1. The van der Waals surface area contributed by atoms with E-state index in [9.17, 15) is 0 Å². The molecule has 0 saturated carbocycles. The van der Waals surface area contributed by atoms with Gasteiger partial charge in [-0.05, 0) is 50.0 Å². The third kappa shape index (κ3) is 4.53. The van der Waals surface area contributed by atoms with Crippen LogP contribution in [0, 0.1) is 5.92 Å². The highest BCUT2D eigenvalue weighted by Crippen LogP contribution is 2.27. The molecule has 1 fully saturated rings. The summed E-state index contributed by atoms with van der Waals surface area (Å²) < 4.78 is 5.70. The van der Waals surface area contributed by atoms with Crippen LogP contribution in [0.2, 0.25) is 10.0 Å². The van der Waals surface area contributed by atoms with Crippen LogP contribution in [0.4, 0.5) is 0 Å². The first-order valence-electron chi connectivity index (χ1n) is 6.69. The van der Waals surface area contributed by atoms with Crippen LogP contribution in [-0.4, -0.2) is 37.7 Å². The first-order valence-corrected chi connectivity index (χ1v) is 7.45. The predicted octanol–water partition coefficient (Wildman–Crippen LogP) is 3.04. The van der Waals surface area contributed by atoms with Crippen LogP contribution >= 0.6 is 23.2 Å². The highest BCUT2D eigenvalue weighted by Gasteiger charge is 2.18. The normalized spacial score (nSPS) is 20.5. The summed E-state index contributed by atoms with van der Waals surface area (Å²) >= 11 is 11.9. The van der Waals surface area contributed by atoms with E-state index in [-0.39, 0.29) is 0 Å². The lowest BCUT2D eigenvalue weighted by atomic mass is 9.98. The Morgan fingerprint density at radius 2 is 2.21 bits per heavy atom. The van der Waals surface area contributed by atoms with Crippen LogP contribution < -0.4 is 10.5 Å². The molecule has 3 nitrogen and oxygen atoms in total. The quantitative estimate of drug-likeness (QED) is 0.908. The summed E-state index contributed by atoms with van der Waals surface area (Å²) in [5.41, 5.74) is 5.73. The Balaban J connectivity index is 1.76. The molecule has 1 saturated heterocycles. The van der Waals surface area contributed by atoms with Gasteiger partial charge in [-0.1, -0.05) is 23.2 Å². The highest BCUT2D eigenvalue weighted by atomic mass is 35.5. The van der Waals surface area contributed by atoms with E-state index in [2.05, 4.69) is 4.90 Å². The summed E-state index contributed by atoms with van der Waals surface area (Å²) in [6.07, 6.45) is 2.47. The van der Waals surface area contributed by atoms with E-state index in [1.165, 1.54) is 12.8 Å². The summed E-state index contributed by atoms with van der Waals surface area (Å²) in [6, 6.07) is 5.29. The fraction of sp³-hybridized carbons (Fsp3) is 0.571. The molecule has 1 unspecified atom stereocenters. The Labute approximate surface area is 124 Å². The van der Waals surface area contributed by atoms with Crippen molar-refractivity contribution in [1.82, 2.24) is 4.90 Å². The van der Waals surface area contributed by atoms with Gasteiger partial charge >= 0.3 is 0 Å². The molecule has 1 aliphatic rings. The zero-order chi connectivity index (χ0) is 13.7. The lowest BCUT2D eigenvalue weighted by molar-refractivity contribution is 0.149. The summed E-state index contributed by atoms with van der Waals surface area (Å²) in [4.78, 5) is 2.41. The van der Waals surface area contributed by atoms with Crippen molar-refractivity contribution in [2.45, 2.75) is 12.8 Å². The number of nitrogens with two attached hydrogens (primary N) is 1. The number of halogens is 2. The summed E-state index contributed by atoms with van der Waals surface area (Å²) in [5, 5.41) is 1.19. The Morgan fingerprint density at radius 1 is 1.37 bits per heavy atom. The zero-order valence-electron chi connectivity index (χ0n) is 10.9. The maximum atomic E-state index is 6.06. The number of piperidine rings is 1. The van der Waals surface area contributed by atoms with Crippen molar-refractivity contribution in [2.75, 3.05) is 32.8 Å². The van der Waals surface area contributed by atoms with Gasteiger partial charge in [-0.3, -0.25) is 4.90 Å². The van der Waals surface area contributed by atoms with Crippen LogP contribution in [-0.2, 0) is 0 Å². The molecule has 2 rings (SSSR count). The third-order valence-electron chi connectivity index (χ3n) is 3.50. The van der Waals surface area contributed by atoms with Gasteiger partial charge in [0.15, 0.2) is 0 Å². The fourth-order valence-corrected chi connectivity index (χ4v) is 2.89. The molecule has 2 N–H and O–H groups in total. The van der Waals surface area contributed by atoms with E-state index < -0.39 is 0 Å². The topological polar surface area (TPSA) is 38.5 Å². The number of hydrogen-bond donors (Lipinski definition) is 1. The molecule has 1 heterocycles. The molecule has 0 spiro atoms. The number of rotatable bonds is 5. The Morgan fingerprint density at radius 3 is 2.95 bits per heavy atom. The largest absolute Gasteiger partial charge is 0.491 e. The van der Waals surface area contributed by atoms with E-state index in [1.807, 2.05) is 6.07 Å². The van der Waals surface area contributed by atoms with Gasteiger partial charge in [0.2, 0.25) is 0 Å². The molecule has 5 heteroatoms. The van der Waals surface area contributed by atoms with E-state index in [4.69, 9.17) is 33.7 Å². The van der Waals surface area contributed by atoms with E-state index in [0.29, 0.717) is 28.3 Å². The highest BCUT2D eigenvalue weighted by molar-refractivity contribution is 6.35. The lowest BCUT2D eigenvalue weighted by Gasteiger charge is -2.31. The predicted molar refractivity (Wildman–Crippen MR) is 80.2 cm³/mol. The number of hydrogen-bond acceptors (Lipinski definition) is 3. The van der Waals surface area contributed by atoms with Gasteiger partial charge in [-0.2, -0.15) is 0 Å². The molecule has 1 atom stereocenters. The second-order valence-corrected chi connectivity index (χ2v) is 5.81. The van der Waals surface area contributed by atoms with Crippen molar-refractivity contribution in [3.63, 3.8) is 0 Å². The van der Waals surface area contributed by atoms with Crippen LogP contribution in [0.1, 0.15) is 12.8 Å².